The van der Waals surface area contributed by atoms with Crippen LogP contribution in [0.15, 0.2) is 188 Å². The van der Waals surface area contributed by atoms with Gasteiger partial charge in [-0.25, -0.2) is 0 Å². The third kappa shape index (κ3) is 9.11. The standard InChI is InChI=1S/C77H79N5S/c1-48-45-65-69-66(46-48)80(57-37-27-52(28-38-57)76(11,12)13)70-68-63(44-42-61-60-19-17-18-20-67(60)83-71(61)68)81(58-39-29-53(30-40-58)77(14,15)16)72(70)82(69)62-43-41-59(47-64(62)79(65)56-35-25-51(26-36-56)75(8,9)10)78(54-31-21-49(22-32-54)73(2,3)4)55-33-23-50(24-34-55)74(5,6)7/h17-47H,1-16H3. The van der Waals surface area contributed by atoms with Crippen molar-refractivity contribution < 1.29 is 0 Å². The number of anilines is 12. The Hall–Kier alpha value is -8.06. The molecule has 83 heavy (non-hydrogen) atoms. The van der Waals surface area contributed by atoms with Crippen LogP contribution in [0, 0.1) is 6.92 Å². The van der Waals surface area contributed by atoms with Crippen LogP contribution in [0.4, 0.5) is 68.4 Å². The van der Waals surface area contributed by atoms with Gasteiger partial charge in [0, 0.05) is 59.7 Å². The second-order valence-corrected chi connectivity index (χ2v) is 29.6. The fourth-order valence-corrected chi connectivity index (χ4v) is 13.9. The molecule has 0 atom stereocenters. The Morgan fingerprint density at radius 3 is 1.28 bits per heavy atom. The molecule has 0 spiro atoms. The molecule has 0 bridgehead atoms. The number of rotatable bonds is 6. The molecule has 11 aromatic rings. The molecule has 2 aliphatic heterocycles. The first-order chi connectivity index (χ1) is 39.2. The van der Waals surface area contributed by atoms with Crippen molar-refractivity contribution in [2.45, 2.75) is 138 Å². The number of aromatic nitrogens is 1. The van der Waals surface area contributed by atoms with Crippen LogP contribution in [0.1, 0.15) is 137 Å². The van der Waals surface area contributed by atoms with Gasteiger partial charge in [-0.2, -0.15) is 0 Å². The van der Waals surface area contributed by atoms with Crippen molar-refractivity contribution in [2.24, 2.45) is 0 Å². The van der Waals surface area contributed by atoms with Crippen LogP contribution < -0.4 is 19.6 Å². The summed E-state index contributed by atoms with van der Waals surface area (Å²) in [6.07, 6.45) is 0. The first-order valence-electron chi connectivity index (χ1n) is 29.7. The maximum absolute atomic E-state index is 2.63. The average molecular weight is 1110 g/mol. The molecule has 418 valence electrons. The minimum atomic E-state index is -0.0197. The molecule has 0 radical (unpaired) electrons. The largest absolute Gasteiger partial charge is 0.310 e. The summed E-state index contributed by atoms with van der Waals surface area (Å²) in [6, 6.07) is 72.5. The summed E-state index contributed by atoms with van der Waals surface area (Å²) in [5, 5.41) is 3.81. The van der Waals surface area contributed by atoms with Gasteiger partial charge in [0.25, 0.3) is 0 Å². The molecule has 4 heterocycles. The van der Waals surface area contributed by atoms with E-state index in [0.29, 0.717) is 0 Å². The second kappa shape index (κ2) is 19.0. The van der Waals surface area contributed by atoms with Crippen molar-refractivity contribution in [1.29, 1.82) is 0 Å². The van der Waals surface area contributed by atoms with Gasteiger partial charge in [-0.1, -0.05) is 189 Å². The molecule has 13 rings (SSSR count). The predicted molar refractivity (Wildman–Crippen MR) is 360 cm³/mol. The Kier molecular flexibility index (Phi) is 12.4. The first-order valence-corrected chi connectivity index (χ1v) is 30.6. The van der Waals surface area contributed by atoms with Gasteiger partial charge >= 0.3 is 0 Å². The maximum atomic E-state index is 2.63. The maximum Gasteiger partial charge on any atom is 0.148 e. The Morgan fingerprint density at radius 2 is 0.783 bits per heavy atom. The van der Waals surface area contributed by atoms with E-state index in [4.69, 9.17) is 0 Å². The zero-order valence-corrected chi connectivity index (χ0v) is 52.4. The highest BCUT2D eigenvalue weighted by molar-refractivity contribution is 7.26. The lowest BCUT2D eigenvalue weighted by Gasteiger charge is -2.47. The highest BCUT2D eigenvalue weighted by Gasteiger charge is 2.44. The van der Waals surface area contributed by atoms with Gasteiger partial charge < -0.3 is 14.7 Å². The van der Waals surface area contributed by atoms with Crippen LogP contribution in [0.25, 0.3) is 36.8 Å². The van der Waals surface area contributed by atoms with Gasteiger partial charge in [0.05, 0.1) is 39.6 Å². The van der Waals surface area contributed by atoms with Crippen LogP contribution in [0.5, 0.6) is 0 Å². The molecule has 0 fully saturated rings. The molecule has 6 heteroatoms. The first kappa shape index (κ1) is 54.2. The Balaban J connectivity index is 1.16. The van der Waals surface area contributed by atoms with E-state index in [1.54, 1.807) is 0 Å². The molecule has 2 aliphatic rings. The zero-order valence-electron chi connectivity index (χ0n) is 51.5. The highest BCUT2D eigenvalue weighted by atomic mass is 32.1. The van der Waals surface area contributed by atoms with Crippen LogP contribution in [0.2, 0.25) is 0 Å². The summed E-state index contributed by atoms with van der Waals surface area (Å²) in [7, 11) is 0. The smallest absolute Gasteiger partial charge is 0.148 e. The minimum absolute atomic E-state index is 0.00947. The highest BCUT2D eigenvalue weighted by Crippen LogP contribution is 2.67. The predicted octanol–water partition coefficient (Wildman–Crippen LogP) is 23.3. The van der Waals surface area contributed by atoms with E-state index < -0.39 is 0 Å². The summed E-state index contributed by atoms with van der Waals surface area (Å²) < 4.78 is 5.16. The summed E-state index contributed by atoms with van der Waals surface area (Å²) >= 11 is 1.91. The van der Waals surface area contributed by atoms with Crippen molar-refractivity contribution >= 4 is 111 Å². The molecule has 9 aromatic carbocycles. The lowest BCUT2D eigenvalue weighted by molar-refractivity contribution is 0.590. The summed E-state index contributed by atoms with van der Waals surface area (Å²) in [5.74, 6) is 1.11. The zero-order chi connectivity index (χ0) is 58.4. The van der Waals surface area contributed by atoms with Gasteiger partial charge in [-0.15, -0.1) is 11.3 Å². The molecule has 0 saturated carbocycles. The molecule has 0 aliphatic carbocycles. The third-order valence-electron chi connectivity index (χ3n) is 17.4. The van der Waals surface area contributed by atoms with Gasteiger partial charge in [0.1, 0.15) is 5.82 Å². The molecular weight excluding hydrogens is 1030 g/mol. The number of fused-ring (bicyclic) bond motifs is 10. The van der Waals surface area contributed by atoms with E-state index in [1.165, 1.54) is 70.1 Å². The number of thiophene rings is 1. The molecule has 0 unspecified atom stereocenters. The van der Waals surface area contributed by atoms with Crippen LogP contribution in [0.3, 0.4) is 0 Å². The Bertz CT molecular complexity index is 4250. The lowest BCUT2D eigenvalue weighted by atomic mass is 9.86. The molecule has 2 aromatic heterocycles. The fraction of sp³-hybridized carbons (Fsp3) is 0.273. The molecule has 0 amide bonds. The van der Waals surface area contributed by atoms with E-state index in [2.05, 4.69) is 323 Å². The minimum Gasteiger partial charge on any atom is -0.310 e. The normalized spacial score (nSPS) is 13.7. The molecular formula is C77H79N5S. The van der Waals surface area contributed by atoms with E-state index in [1.807, 2.05) is 11.3 Å². The number of benzene rings is 9. The fourth-order valence-electron chi connectivity index (χ4n) is 12.7. The molecule has 5 nitrogen and oxygen atoms in total. The quantitative estimate of drug-likeness (QED) is 0.165. The van der Waals surface area contributed by atoms with E-state index in [0.717, 1.165) is 68.4 Å². The SMILES string of the molecule is Cc1cc2c3c(c1)N(c1ccc(C(C)(C)C)cc1)c1c(n(-c4ccc(C(C)(C)C)cc4)c4ccc5c6ccccc6sc5c14)N3c1ccc(N(c3ccc(C(C)(C)C)cc3)c3ccc(C(C)(C)C)cc3)cc1N2c1ccc(C(C)(C)C)cc1. The van der Waals surface area contributed by atoms with Gasteiger partial charge in [0.2, 0.25) is 0 Å². The van der Waals surface area contributed by atoms with E-state index in [9.17, 15) is 0 Å². The number of nitrogens with zero attached hydrogens (tertiary/aromatic N) is 5. The van der Waals surface area contributed by atoms with Crippen molar-refractivity contribution in [2.75, 3.05) is 19.6 Å². The molecule has 0 N–H and O–H groups in total. The van der Waals surface area contributed by atoms with Crippen molar-refractivity contribution in [1.82, 2.24) is 4.57 Å². The number of aryl methyl sites for hydroxylation is 1. The van der Waals surface area contributed by atoms with Crippen LogP contribution >= 0.6 is 11.3 Å². The Labute approximate surface area is 497 Å². The van der Waals surface area contributed by atoms with Gasteiger partial charge in [-0.3, -0.25) is 9.47 Å². The van der Waals surface area contributed by atoms with Crippen LogP contribution in [-0.4, -0.2) is 4.57 Å². The van der Waals surface area contributed by atoms with Crippen molar-refractivity contribution in [3.8, 4) is 5.69 Å². The van der Waals surface area contributed by atoms with E-state index >= 15 is 0 Å². The molecule has 0 saturated heterocycles. The van der Waals surface area contributed by atoms with Crippen LogP contribution in [-0.2, 0) is 27.1 Å². The van der Waals surface area contributed by atoms with Crippen molar-refractivity contribution in [3.05, 3.63) is 221 Å². The number of hydrogen-bond donors (Lipinski definition) is 0. The van der Waals surface area contributed by atoms with Gasteiger partial charge in [0.15, 0.2) is 0 Å². The summed E-state index contributed by atoms with van der Waals surface area (Å²) in [6.45, 7) is 36.8. The van der Waals surface area contributed by atoms with Crippen molar-refractivity contribution in [3.63, 3.8) is 0 Å². The van der Waals surface area contributed by atoms with E-state index in [-0.39, 0.29) is 27.1 Å². The second-order valence-electron chi connectivity index (χ2n) is 28.6. The summed E-state index contributed by atoms with van der Waals surface area (Å²) in [5.41, 5.74) is 22.2. The average Bonchev–Trinajstić information content (AvgIpc) is 1.65. The Morgan fingerprint density at radius 1 is 0.349 bits per heavy atom. The monoisotopic (exact) mass is 1110 g/mol. The summed E-state index contributed by atoms with van der Waals surface area (Å²) in [4.78, 5) is 10.3. The third-order valence-corrected chi connectivity index (χ3v) is 18.6. The number of hydrogen-bond acceptors (Lipinski definition) is 5. The van der Waals surface area contributed by atoms with Gasteiger partial charge in [-0.05, 0) is 171 Å². The lowest BCUT2D eigenvalue weighted by Crippen LogP contribution is -2.31. The topological polar surface area (TPSA) is 17.9 Å².